The predicted octanol–water partition coefficient (Wildman–Crippen LogP) is -0.654. The summed E-state index contributed by atoms with van der Waals surface area (Å²) in [5, 5.41) is 13.5. The molecule has 0 aromatic rings. The Balaban J connectivity index is 4.48. The summed E-state index contributed by atoms with van der Waals surface area (Å²) in [4.78, 5) is 25.7. The average molecular weight is 501 g/mol. The van der Waals surface area contributed by atoms with E-state index in [4.69, 9.17) is 22.9 Å². The van der Waals surface area contributed by atoms with Crippen LogP contribution in [0.5, 0.6) is 0 Å². The molecule has 0 aliphatic rings. The maximum atomic E-state index is 12.9. The third-order valence-electron chi connectivity index (χ3n) is 5.98. The minimum absolute atomic E-state index is 0.175. The molecule has 10 heteroatoms. The lowest BCUT2D eigenvalue weighted by Gasteiger charge is -2.19. The number of rotatable bonds is 28. The third-order valence-corrected chi connectivity index (χ3v) is 5.98. The molecule has 0 saturated carbocycles. The van der Waals surface area contributed by atoms with E-state index in [1.807, 2.05) is 0 Å². The molecule has 2 atom stereocenters. The number of Topliss-reactive ketones (excluding diaryl/α,β-unsaturated/α-hetero) is 2. The fraction of sp³-hybridized carbons (Fsp3) is 0.920. The molecule has 0 aliphatic carbocycles. The molecule has 0 saturated heterocycles. The van der Waals surface area contributed by atoms with E-state index in [0.29, 0.717) is 45.4 Å². The SMILES string of the molecule is NCCCNCCCC(NCCCN)C(=O)CCCC(=O)C(CCCNCCCN)NCCCN. The highest BCUT2D eigenvalue weighted by molar-refractivity contribution is 5.86. The Kier molecular flexibility index (Phi) is 25.4. The first kappa shape index (κ1) is 34.0. The lowest BCUT2D eigenvalue weighted by molar-refractivity contribution is -0.122. The van der Waals surface area contributed by atoms with E-state index in [9.17, 15) is 9.59 Å². The Morgan fingerprint density at radius 3 is 1.20 bits per heavy atom. The van der Waals surface area contributed by atoms with Gasteiger partial charge in [-0.25, -0.2) is 0 Å². The van der Waals surface area contributed by atoms with Crippen molar-refractivity contribution in [3.63, 3.8) is 0 Å². The Morgan fingerprint density at radius 1 is 0.486 bits per heavy atom. The van der Waals surface area contributed by atoms with Gasteiger partial charge in [-0.2, -0.15) is 0 Å². The molecule has 0 aliphatic heterocycles. The van der Waals surface area contributed by atoms with Crippen molar-refractivity contribution in [2.24, 2.45) is 22.9 Å². The Hall–Kier alpha value is -0.980. The number of carbonyl (C=O) groups excluding carboxylic acids is 2. The van der Waals surface area contributed by atoms with Gasteiger partial charge in [0.1, 0.15) is 11.6 Å². The Labute approximate surface area is 213 Å². The molecule has 0 amide bonds. The summed E-state index contributed by atoms with van der Waals surface area (Å²) in [6, 6.07) is -0.350. The standard InChI is InChI=1S/C25H56N8O2/c26-12-4-18-30-16-2-8-22(32-20-6-14-28)24(34)10-1-11-25(35)23(33-21-7-15-29)9-3-17-31-19-5-13-27/h22-23,30-33H,1-21,26-29H2. The molecule has 0 bridgehead atoms. The van der Waals surface area contributed by atoms with Crippen LogP contribution in [0.1, 0.15) is 70.6 Å². The van der Waals surface area contributed by atoms with Gasteiger partial charge >= 0.3 is 0 Å². The summed E-state index contributed by atoms with van der Waals surface area (Å²) in [6.45, 7) is 7.59. The number of hydrogen-bond acceptors (Lipinski definition) is 10. The molecule has 10 nitrogen and oxygen atoms in total. The van der Waals surface area contributed by atoms with Crippen LogP contribution in [-0.4, -0.2) is 89.1 Å². The van der Waals surface area contributed by atoms with E-state index >= 15 is 0 Å². The minimum Gasteiger partial charge on any atom is -0.330 e. The van der Waals surface area contributed by atoms with Crippen molar-refractivity contribution in [1.29, 1.82) is 0 Å². The molecule has 0 heterocycles. The number of nitrogens with two attached hydrogens (primary N) is 4. The van der Waals surface area contributed by atoms with Crippen molar-refractivity contribution < 1.29 is 9.59 Å². The molecule has 0 fully saturated rings. The van der Waals surface area contributed by atoms with Gasteiger partial charge in [-0.05, 0) is 123 Å². The molecular weight excluding hydrogens is 444 g/mol. The van der Waals surface area contributed by atoms with Crippen LogP contribution >= 0.6 is 0 Å². The number of hydrogen-bond donors (Lipinski definition) is 8. The number of nitrogens with one attached hydrogen (secondary N) is 4. The number of ketones is 2. The highest BCUT2D eigenvalue weighted by Gasteiger charge is 2.20. The van der Waals surface area contributed by atoms with Crippen LogP contribution in [0, 0.1) is 0 Å². The molecule has 208 valence electrons. The van der Waals surface area contributed by atoms with Gasteiger partial charge < -0.3 is 44.2 Å². The minimum atomic E-state index is -0.175. The number of carbonyl (C=O) groups is 2. The highest BCUT2D eigenvalue weighted by atomic mass is 16.1. The lowest BCUT2D eigenvalue weighted by atomic mass is 9.98. The second-order valence-corrected chi connectivity index (χ2v) is 9.15. The van der Waals surface area contributed by atoms with Crippen LogP contribution in [0.15, 0.2) is 0 Å². The molecule has 12 N–H and O–H groups in total. The first-order chi connectivity index (χ1) is 17.1. The van der Waals surface area contributed by atoms with E-state index in [1.165, 1.54) is 0 Å². The van der Waals surface area contributed by atoms with Crippen molar-refractivity contribution >= 4 is 11.6 Å². The lowest BCUT2D eigenvalue weighted by Crippen LogP contribution is -2.39. The topological polar surface area (TPSA) is 186 Å². The van der Waals surface area contributed by atoms with Crippen LogP contribution in [0.2, 0.25) is 0 Å². The predicted molar refractivity (Wildman–Crippen MR) is 146 cm³/mol. The molecule has 35 heavy (non-hydrogen) atoms. The second kappa shape index (κ2) is 26.1. The maximum absolute atomic E-state index is 12.9. The molecule has 0 aromatic heterocycles. The third kappa shape index (κ3) is 20.9. The van der Waals surface area contributed by atoms with Crippen LogP contribution in [-0.2, 0) is 9.59 Å². The fourth-order valence-electron chi connectivity index (χ4n) is 3.86. The highest BCUT2D eigenvalue weighted by Crippen LogP contribution is 2.09. The largest absolute Gasteiger partial charge is 0.330 e. The molecule has 2 unspecified atom stereocenters. The molecular formula is C25H56N8O2. The van der Waals surface area contributed by atoms with Gasteiger partial charge in [0, 0.05) is 12.8 Å². The summed E-state index contributed by atoms with van der Waals surface area (Å²) in [6.07, 6.45) is 8.43. The van der Waals surface area contributed by atoms with Crippen molar-refractivity contribution in [3.8, 4) is 0 Å². The summed E-state index contributed by atoms with van der Waals surface area (Å²) < 4.78 is 0. The van der Waals surface area contributed by atoms with E-state index in [2.05, 4.69) is 21.3 Å². The van der Waals surface area contributed by atoms with E-state index in [1.54, 1.807) is 0 Å². The van der Waals surface area contributed by atoms with Crippen molar-refractivity contribution in [1.82, 2.24) is 21.3 Å². The van der Waals surface area contributed by atoms with Crippen LogP contribution < -0.4 is 44.2 Å². The second-order valence-electron chi connectivity index (χ2n) is 9.15. The maximum Gasteiger partial charge on any atom is 0.149 e. The Bertz CT molecular complexity index is 454. The smallest absolute Gasteiger partial charge is 0.149 e. The molecule has 0 radical (unpaired) electrons. The normalized spacial score (nSPS) is 13.1. The summed E-state index contributed by atoms with van der Waals surface area (Å²) >= 11 is 0. The van der Waals surface area contributed by atoms with Gasteiger partial charge in [-0.3, -0.25) is 9.59 Å². The van der Waals surface area contributed by atoms with Crippen LogP contribution in [0.25, 0.3) is 0 Å². The monoisotopic (exact) mass is 500 g/mol. The van der Waals surface area contributed by atoms with Crippen LogP contribution in [0.4, 0.5) is 0 Å². The van der Waals surface area contributed by atoms with E-state index < -0.39 is 0 Å². The quantitative estimate of drug-likeness (QED) is 0.0641. The van der Waals surface area contributed by atoms with Crippen molar-refractivity contribution in [2.45, 2.75) is 82.7 Å². The van der Waals surface area contributed by atoms with E-state index in [0.717, 1.165) is 90.6 Å². The van der Waals surface area contributed by atoms with Gasteiger partial charge in [-0.15, -0.1) is 0 Å². The van der Waals surface area contributed by atoms with Gasteiger partial charge in [0.25, 0.3) is 0 Å². The zero-order chi connectivity index (χ0) is 26.0. The summed E-state index contributed by atoms with van der Waals surface area (Å²) in [5.41, 5.74) is 22.2. The van der Waals surface area contributed by atoms with Gasteiger partial charge in [0.15, 0.2) is 0 Å². The fourth-order valence-corrected chi connectivity index (χ4v) is 3.86. The van der Waals surface area contributed by atoms with Crippen molar-refractivity contribution in [2.75, 3.05) is 65.4 Å². The summed E-state index contributed by atoms with van der Waals surface area (Å²) in [5.74, 6) is 0.377. The zero-order valence-electron chi connectivity index (χ0n) is 22.1. The van der Waals surface area contributed by atoms with Gasteiger partial charge in [-0.1, -0.05) is 0 Å². The van der Waals surface area contributed by atoms with Gasteiger partial charge in [0.2, 0.25) is 0 Å². The first-order valence-corrected chi connectivity index (χ1v) is 13.8. The summed E-state index contributed by atoms with van der Waals surface area (Å²) in [7, 11) is 0. The first-order valence-electron chi connectivity index (χ1n) is 13.8. The Morgan fingerprint density at radius 2 is 0.829 bits per heavy atom. The average Bonchev–Trinajstić information content (AvgIpc) is 2.85. The van der Waals surface area contributed by atoms with E-state index in [-0.39, 0.29) is 23.7 Å². The molecule has 0 aromatic carbocycles. The molecule has 0 rings (SSSR count). The van der Waals surface area contributed by atoms with Gasteiger partial charge in [0.05, 0.1) is 12.1 Å². The zero-order valence-corrected chi connectivity index (χ0v) is 22.1. The molecule has 0 spiro atoms. The van der Waals surface area contributed by atoms with Crippen molar-refractivity contribution in [3.05, 3.63) is 0 Å². The van der Waals surface area contributed by atoms with Crippen LogP contribution in [0.3, 0.4) is 0 Å².